The summed E-state index contributed by atoms with van der Waals surface area (Å²) in [5, 5.41) is 24.0. The molecule has 2 unspecified atom stereocenters. The molecule has 0 bridgehead atoms. The number of hydrogen-bond donors (Lipinski definition) is 3. The van der Waals surface area contributed by atoms with Crippen LogP contribution in [-0.2, 0) is 0 Å². The highest BCUT2D eigenvalue weighted by atomic mass is 35.5. The molecule has 2 atom stereocenters. The Bertz CT molecular complexity index is 1260. The lowest BCUT2D eigenvalue weighted by Gasteiger charge is -2.44. The number of halogens is 5. The molecule has 1 aromatic heterocycles. The van der Waals surface area contributed by atoms with Crippen molar-refractivity contribution in [2.75, 3.05) is 5.32 Å². The third kappa shape index (κ3) is 3.36. The first kappa shape index (κ1) is 22.3. The van der Waals surface area contributed by atoms with Crippen LogP contribution < -0.4 is 5.32 Å². The summed E-state index contributed by atoms with van der Waals surface area (Å²) < 4.78 is 57.0. The van der Waals surface area contributed by atoms with Crippen LogP contribution >= 0.6 is 11.6 Å². The number of aryl methyl sites for hydroxylation is 1. The van der Waals surface area contributed by atoms with Crippen molar-refractivity contribution in [2.45, 2.75) is 38.1 Å². The number of benzene rings is 2. The predicted octanol–water partition coefficient (Wildman–Crippen LogP) is 5.69. The number of rotatable bonds is 2. The summed E-state index contributed by atoms with van der Waals surface area (Å²) in [4.78, 5) is 8.37. The fraction of sp³-hybridized carbons (Fsp3) is 0.273. The van der Waals surface area contributed by atoms with Crippen molar-refractivity contribution in [1.29, 1.82) is 0 Å². The average Bonchev–Trinajstić information content (AvgIpc) is 2.72. The monoisotopic (exact) mass is 467 g/mol. The molecule has 1 aliphatic rings. The van der Waals surface area contributed by atoms with Gasteiger partial charge in [0.25, 0.3) is 0 Å². The summed E-state index contributed by atoms with van der Waals surface area (Å²) in [5.74, 6) is -1.53. The zero-order valence-corrected chi connectivity index (χ0v) is 17.7. The summed E-state index contributed by atoms with van der Waals surface area (Å²) >= 11 is 5.86. The van der Waals surface area contributed by atoms with Crippen molar-refractivity contribution in [2.24, 2.45) is 0 Å². The molecule has 168 valence electrons. The van der Waals surface area contributed by atoms with Gasteiger partial charge in [0, 0.05) is 29.3 Å². The Kier molecular flexibility index (Phi) is 5.29. The van der Waals surface area contributed by atoms with E-state index in [4.69, 9.17) is 11.6 Å². The Morgan fingerprint density at radius 1 is 1.31 bits per heavy atom. The second-order valence-corrected chi connectivity index (χ2v) is 8.04. The van der Waals surface area contributed by atoms with Crippen LogP contribution in [0.3, 0.4) is 0 Å². The molecule has 1 heterocycles. The minimum atomic E-state index is -5.06. The van der Waals surface area contributed by atoms with Gasteiger partial charge in [0.1, 0.15) is 5.82 Å². The number of hydrogen-bond acceptors (Lipinski definition) is 5. The third-order valence-electron chi connectivity index (χ3n) is 5.68. The number of nitrogens with zero attached hydrogens (tertiary/aromatic N) is 2. The normalized spacial score (nSPS) is 22.2. The number of nitrogens with one attached hydrogen (secondary N) is 1. The molecule has 5 nitrogen and oxygen atoms in total. The van der Waals surface area contributed by atoms with Gasteiger partial charge in [-0.2, -0.15) is 13.2 Å². The molecule has 1 aliphatic carbocycles. The lowest BCUT2D eigenvalue weighted by Crippen LogP contribution is -2.54. The van der Waals surface area contributed by atoms with Crippen molar-refractivity contribution in [1.82, 2.24) is 9.97 Å². The third-order valence-corrected chi connectivity index (χ3v) is 5.95. The van der Waals surface area contributed by atoms with Crippen molar-refractivity contribution < 1.29 is 27.8 Å². The zero-order valence-electron chi connectivity index (χ0n) is 16.9. The summed E-state index contributed by atoms with van der Waals surface area (Å²) in [6.45, 7) is 3.12. The fourth-order valence-electron chi connectivity index (χ4n) is 4.07. The SMILES string of the molecule is CC=C1CC(O)(C(F)(F)F)C(Nc2cccc3nc(C)ncc23)c2cc(Cl)c(F)c(O)c21. The molecule has 4 rings (SSSR count). The lowest BCUT2D eigenvalue weighted by atomic mass is 9.72. The van der Waals surface area contributed by atoms with Gasteiger partial charge in [0.05, 0.1) is 16.6 Å². The number of phenolic OH excluding ortho intramolecular Hbond substituents is 1. The summed E-state index contributed by atoms with van der Waals surface area (Å²) in [6.07, 6.45) is -3.20. The average molecular weight is 468 g/mol. The number of allylic oxidation sites excluding steroid dienone is 1. The van der Waals surface area contributed by atoms with E-state index in [2.05, 4.69) is 15.3 Å². The second kappa shape index (κ2) is 7.60. The molecular weight excluding hydrogens is 450 g/mol. The lowest BCUT2D eigenvalue weighted by molar-refractivity contribution is -0.265. The van der Waals surface area contributed by atoms with E-state index in [0.29, 0.717) is 16.7 Å². The molecule has 3 N–H and O–H groups in total. The van der Waals surface area contributed by atoms with Gasteiger partial charge < -0.3 is 15.5 Å². The number of phenols is 1. The van der Waals surface area contributed by atoms with Crippen molar-refractivity contribution in [3.63, 3.8) is 0 Å². The molecule has 0 aliphatic heterocycles. The van der Waals surface area contributed by atoms with E-state index in [1.165, 1.54) is 25.3 Å². The van der Waals surface area contributed by atoms with Crippen LogP contribution in [0, 0.1) is 12.7 Å². The molecule has 0 radical (unpaired) electrons. The molecule has 0 saturated carbocycles. The first-order valence-electron chi connectivity index (χ1n) is 9.62. The van der Waals surface area contributed by atoms with Gasteiger partial charge in [-0.05, 0) is 43.2 Å². The molecule has 0 amide bonds. The van der Waals surface area contributed by atoms with E-state index in [0.717, 1.165) is 6.07 Å². The van der Waals surface area contributed by atoms with Crippen molar-refractivity contribution >= 4 is 33.8 Å². The highest BCUT2D eigenvalue weighted by molar-refractivity contribution is 6.31. The molecule has 0 spiro atoms. The molecular formula is C22H18ClF4N3O2. The maximum atomic E-state index is 14.3. The highest BCUT2D eigenvalue weighted by Crippen LogP contribution is 2.55. The van der Waals surface area contributed by atoms with Gasteiger partial charge in [-0.15, -0.1) is 0 Å². The maximum absolute atomic E-state index is 14.3. The molecule has 10 heteroatoms. The Morgan fingerprint density at radius 3 is 2.69 bits per heavy atom. The van der Waals surface area contributed by atoms with Gasteiger partial charge in [-0.1, -0.05) is 23.7 Å². The second-order valence-electron chi connectivity index (χ2n) is 7.63. The van der Waals surface area contributed by atoms with Crippen LogP contribution in [0.1, 0.15) is 36.3 Å². The van der Waals surface area contributed by atoms with E-state index < -0.39 is 40.8 Å². The molecule has 2 aromatic carbocycles. The number of aromatic hydroxyl groups is 1. The molecule has 32 heavy (non-hydrogen) atoms. The Balaban J connectivity index is 1.98. The fourth-order valence-corrected chi connectivity index (χ4v) is 4.28. The zero-order chi connectivity index (χ0) is 23.4. The number of anilines is 1. The summed E-state index contributed by atoms with van der Waals surface area (Å²) in [6, 6.07) is 3.98. The molecule has 0 saturated heterocycles. The van der Waals surface area contributed by atoms with Gasteiger partial charge >= 0.3 is 6.18 Å². The predicted molar refractivity (Wildman–Crippen MR) is 113 cm³/mol. The van der Waals surface area contributed by atoms with Crippen LogP contribution in [0.25, 0.3) is 16.5 Å². The van der Waals surface area contributed by atoms with Crippen molar-refractivity contribution in [3.8, 4) is 5.75 Å². The van der Waals surface area contributed by atoms with Crippen LogP contribution in [0.15, 0.2) is 36.5 Å². The smallest absolute Gasteiger partial charge is 0.419 e. The van der Waals surface area contributed by atoms with Crippen LogP contribution in [0.2, 0.25) is 5.02 Å². The Labute approximate surface area is 185 Å². The van der Waals surface area contributed by atoms with E-state index in [9.17, 15) is 27.8 Å². The molecule has 0 fully saturated rings. The van der Waals surface area contributed by atoms with Gasteiger partial charge in [-0.3, -0.25) is 0 Å². The minimum Gasteiger partial charge on any atom is -0.504 e. The van der Waals surface area contributed by atoms with E-state index in [1.54, 1.807) is 19.1 Å². The Morgan fingerprint density at radius 2 is 2.03 bits per heavy atom. The van der Waals surface area contributed by atoms with Crippen LogP contribution in [0.5, 0.6) is 5.75 Å². The van der Waals surface area contributed by atoms with Crippen LogP contribution in [-0.4, -0.2) is 32.0 Å². The quantitative estimate of drug-likeness (QED) is 0.422. The van der Waals surface area contributed by atoms with E-state index in [1.807, 2.05) is 0 Å². The number of alkyl halides is 3. The maximum Gasteiger partial charge on any atom is 0.419 e. The van der Waals surface area contributed by atoms with E-state index >= 15 is 0 Å². The number of aliphatic hydroxyl groups is 1. The van der Waals surface area contributed by atoms with Crippen molar-refractivity contribution in [3.05, 3.63) is 64.3 Å². The Hall–Kier alpha value is -2.91. The first-order chi connectivity index (χ1) is 15.0. The number of aromatic nitrogens is 2. The summed E-state index contributed by atoms with van der Waals surface area (Å²) in [5.41, 5.74) is -2.93. The number of fused-ring (bicyclic) bond motifs is 2. The summed E-state index contributed by atoms with van der Waals surface area (Å²) in [7, 11) is 0. The van der Waals surface area contributed by atoms with E-state index in [-0.39, 0.29) is 22.4 Å². The minimum absolute atomic E-state index is 0.0529. The first-order valence-corrected chi connectivity index (χ1v) is 10.00. The highest BCUT2D eigenvalue weighted by Gasteiger charge is 2.62. The van der Waals surface area contributed by atoms with Gasteiger partial charge in [0.2, 0.25) is 0 Å². The van der Waals surface area contributed by atoms with Gasteiger partial charge in [-0.25, -0.2) is 14.4 Å². The topological polar surface area (TPSA) is 78.3 Å². The van der Waals surface area contributed by atoms with Crippen LogP contribution in [0.4, 0.5) is 23.2 Å². The van der Waals surface area contributed by atoms with Gasteiger partial charge in [0.15, 0.2) is 17.2 Å². The largest absolute Gasteiger partial charge is 0.504 e. The molecule has 3 aromatic rings. The standard InChI is InChI=1S/C22H18ClF4N3O2/c1-3-11-8-21(32,22(25,26)27)20(12-7-14(23)18(24)19(31)17(11)12)30-16-6-4-5-15-13(16)9-28-10(2)29-15/h3-7,9,20,30-32H,8H2,1-2H3.